The molecule has 19 heavy (non-hydrogen) atoms. The van der Waals surface area contributed by atoms with Crippen molar-refractivity contribution in [2.75, 3.05) is 33.3 Å². The van der Waals surface area contributed by atoms with Crippen molar-refractivity contribution in [2.24, 2.45) is 0 Å². The predicted octanol–water partition coefficient (Wildman–Crippen LogP) is 0.391. The molecule has 1 unspecified atom stereocenters. The molecule has 0 aromatic carbocycles. The van der Waals surface area contributed by atoms with E-state index in [2.05, 4.69) is 30.7 Å². The molecule has 0 radical (unpaired) electrons. The fourth-order valence-corrected chi connectivity index (χ4v) is 2.12. The Kier molecular flexibility index (Phi) is 18.2. The van der Waals surface area contributed by atoms with Crippen molar-refractivity contribution in [3.8, 4) is 0 Å². The second-order valence-electron chi connectivity index (χ2n) is 4.06. The van der Waals surface area contributed by atoms with Crippen LogP contribution in [0.4, 0.5) is 0 Å². The minimum Gasteiger partial charge on any atom is -0.494 e. The summed E-state index contributed by atoms with van der Waals surface area (Å²) >= 11 is 0. The van der Waals surface area contributed by atoms with E-state index in [9.17, 15) is 0 Å². The Labute approximate surface area is 164 Å². The van der Waals surface area contributed by atoms with Crippen LogP contribution in [0, 0.1) is 7.43 Å². The Morgan fingerprint density at radius 2 is 1.58 bits per heavy atom. The molecule has 3 nitrogen and oxygen atoms in total. The second-order valence-corrected chi connectivity index (χ2v) is 4.06. The number of allylic oxidation sites excluding steroid dienone is 2. The Balaban J connectivity index is -0.000000392. The number of rotatable bonds is 0. The molecule has 0 bridgehead atoms. The molecule has 1 atom stereocenters. The molecule has 2 aliphatic heterocycles. The maximum Gasteiger partial charge on any atom is 1.00 e. The van der Waals surface area contributed by atoms with E-state index >= 15 is 0 Å². The minimum atomic E-state index is 0. The van der Waals surface area contributed by atoms with Gasteiger partial charge in [0.05, 0.1) is 6.04 Å². The number of fused-ring (bicyclic) bond motifs is 1. The summed E-state index contributed by atoms with van der Waals surface area (Å²) in [6.45, 7) is 16.5. The number of ether oxygens (including phenoxy) is 1. The number of hydrogen-bond donors (Lipinski definition) is 0. The Bertz CT molecular complexity index is 244. The van der Waals surface area contributed by atoms with Crippen LogP contribution in [0.25, 0.3) is 0 Å². The molecule has 2 aliphatic rings. The zero-order chi connectivity index (χ0) is 13.4. The molecule has 2 rings (SSSR count). The van der Waals surface area contributed by atoms with E-state index in [1.54, 1.807) is 0 Å². The van der Waals surface area contributed by atoms with E-state index in [-0.39, 0.29) is 58.8 Å². The molecule has 0 amide bonds. The normalized spacial score (nSPS) is 21.2. The monoisotopic (exact) mass is 296 g/mol. The van der Waals surface area contributed by atoms with Crippen molar-refractivity contribution in [1.82, 2.24) is 9.80 Å². The number of nitrogens with zero attached hydrogens (tertiary/aromatic N) is 2. The minimum absolute atomic E-state index is 0. The average Bonchev–Trinajstić information content (AvgIpc) is 2.39. The van der Waals surface area contributed by atoms with Gasteiger partial charge in [-0.2, -0.15) is 0 Å². The summed E-state index contributed by atoms with van der Waals surface area (Å²) in [7, 11) is 2.18. The Morgan fingerprint density at radius 1 is 1.05 bits per heavy atom. The van der Waals surface area contributed by atoms with Gasteiger partial charge in [0, 0.05) is 25.3 Å². The summed E-state index contributed by atoms with van der Waals surface area (Å²) in [5.74, 6) is 1.10. The van der Waals surface area contributed by atoms with Crippen molar-refractivity contribution >= 4 is 0 Å². The van der Waals surface area contributed by atoms with Crippen LogP contribution in [-0.2, 0) is 4.74 Å². The van der Waals surface area contributed by atoms with Crippen LogP contribution >= 0.6 is 0 Å². The van der Waals surface area contributed by atoms with E-state index in [0.29, 0.717) is 6.04 Å². The number of hydrogen-bond acceptors (Lipinski definition) is 3. The van der Waals surface area contributed by atoms with Gasteiger partial charge in [-0.3, -0.25) is 0 Å². The third kappa shape index (κ3) is 7.49. The number of piperazine rings is 1. The van der Waals surface area contributed by atoms with E-state index in [1.165, 1.54) is 12.2 Å². The molecule has 0 aliphatic carbocycles. The molecule has 110 valence electrons. The first-order valence-corrected chi connectivity index (χ1v) is 6.94. The van der Waals surface area contributed by atoms with Gasteiger partial charge in [-0.05, 0) is 20.9 Å². The van der Waals surface area contributed by atoms with Crippen LogP contribution in [0.3, 0.4) is 0 Å². The van der Waals surface area contributed by atoms with Gasteiger partial charge in [0.25, 0.3) is 0 Å². The van der Waals surface area contributed by atoms with Crippen LogP contribution in [0.1, 0.15) is 41.5 Å². The van der Waals surface area contributed by atoms with Crippen LogP contribution in [-0.4, -0.2) is 49.1 Å². The molecule has 2 heterocycles. The van der Waals surface area contributed by atoms with Crippen molar-refractivity contribution < 1.29 is 56.1 Å². The van der Waals surface area contributed by atoms with E-state index in [4.69, 9.17) is 4.74 Å². The van der Waals surface area contributed by atoms with Crippen LogP contribution < -0.4 is 51.4 Å². The molecular formula is C15H33KN2O. The maximum absolute atomic E-state index is 5.62. The zero-order valence-electron chi connectivity index (χ0n) is 14.7. The average molecular weight is 297 g/mol. The number of likely N-dealkylation sites (N-methyl/N-ethyl adjacent to an activating group) is 1. The third-order valence-electron chi connectivity index (χ3n) is 3.12. The molecular weight excluding hydrogens is 263 g/mol. The topological polar surface area (TPSA) is 15.7 Å². The van der Waals surface area contributed by atoms with Crippen molar-refractivity contribution in [2.45, 2.75) is 47.6 Å². The molecule has 0 aromatic heterocycles. The van der Waals surface area contributed by atoms with Crippen LogP contribution in [0.2, 0.25) is 0 Å². The van der Waals surface area contributed by atoms with Gasteiger partial charge in [-0.1, -0.05) is 27.7 Å². The van der Waals surface area contributed by atoms with Gasteiger partial charge >= 0.3 is 51.4 Å². The molecule has 4 heteroatoms. The first kappa shape index (κ1) is 24.9. The predicted molar refractivity (Wildman–Crippen MR) is 81.4 cm³/mol. The van der Waals surface area contributed by atoms with Gasteiger partial charge < -0.3 is 22.0 Å². The fraction of sp³-hybridized carbons (Fsp3) is 0.800. The first-order chi connectivity index (χ1) is 8.18. The molecule has 1 fully saturated rings. The largest absolute Gasteiger partial charge is 1.00 e. The first-order valence-electron chi connectivity index (χ1n) is 6.94. The molecule has 0 saturated carbocycles. The van der Waals surface area contributed by atoms with E-state index in [0.717, 1.165) is 25.5 Å². The summed E-state index contributed by atoms with van der Waals surface area (Å²) < 4.78 is 5.62. The quantitative estimate of drug-likeness (QED) is 0.475. The third-order valence-corrected chi connectivity index (χ3v) is 3.12. The summed E-state index contributed by atoms with van der Waals surface area (Å²) in [4.78, 5) is 4.86. The SMILES string of the molecule is CC.CC.CC1=C(C)N2CCN(C)CC2CO1.[CH3-].[K+]. The van der Waals surface area contributed by atoms with E-state index < -0.39 is 0 Å². The van der Waals surface area contributed by atoms with E-state index in [1.807, 2.05) is 27.7 Å². The smallest absolute Gasteiger partial charge is 0.494 e. The van der Waals surface area contributed by atoms with Gasteiger partial charge in [-0.15, -0.1) is 0 Å². The van der Waals surface area contributed by atoms with Gasteiger partial charge in [-0.25, -0.2) is 0 Å². The van der Waals surface area contributed by atoms with Crippen molar-refractivity contribution in [1.29, 1.82) is 0 Å². The molecule has 1 saturated heterocycles. The summed E-state index contributed by atoms with van der Waals surface area (Å²) in [6, 6.07) is 0.572. The molecule has 0 spiro atoms. The van der Waals surface area contributed by atoms with Crippen molar-refractivity contribution in [3.63, 3.8) is 0 Å². The Hall–Kier alpha value is 0.936. The molecule has 0 aromatic rings. The standard InChI is InChI=1S/C10H18N2O.2C2H6.CH3.K/c1-8-9(2)13-7-10-6-11(3)4-5-12(8)10;2*1-2;;/h10H,4-7H2,1-3H3;2*1-2H3;1H3;/q;;;-1;+1. The maximum atomic E-state index is 5.62. The summed E-state index contributed by atoms with van der Waals surface area (Å²) in [5, 5.41) is 0. The van der Waals surface area contributed by atoms with Crippen molar-refractivity contribution in [3.05, 3.63) is 18.9 Å². The van der Waals surface area contributed by atoms with Gasteiger partial charge in [0.1, 0.15) is 12.4 Å². The van der Waals surface area contributed by atoms with Crippen LogP contribution in [0.15, 0.2) is 11.5 Å². The fourth-order valence-electron chi connectivity index (χ4n) is 2.12. The molecule has 0 N–H and O–H groups in total. The van der Waals surface area contributed by atoms with Crippen LogP contribution in [0.5, 0.6) is 0 Å². The Morgan fingerprint density at radius 3 is 2.11 bits per heavy atom. The van der Waals surface area contributed by atoms with Gasteiger partial charge in [0.15, 0.2) is 0 Å². The second kappa shape index (κ2) is 13.9. The zero-order valence-corrected chi connectivity index (χ0v) is 17.8. The summed E-state index contributed by atoms with van der Waals surface area (Å²) in [6.07, 6.45) is 0. The van der Waals surface area contributed by atoms with Gasteiger partial charge in [0.2, 0.25) is 0 Å². The summed E-state index contributed by atoms with van der Waals surface area (Å²) in [5.41, 5.74) is 1.32.